The van der Waals surface area contributed by atoms with Gasteiger partial charge in [0.25, 0.3) is 0 Å². The molecule has 0 radical (unpaired) electrons. The summed E-state index contributed by atoms with van der Waals surface area (Å²) in [5.74, 6) is -0.983. The number of oxazole rings is 1. The van der Waals surface area contributed by atoms with E-state index in [2.05, 4.69) is 16.0 Å². The summed E-state index contributed by atoms with van der Waals surface area (Å²) in [6, 6.07) is 10.3. The van der Waals surface area contributed by atoms with Crippen molar-refractivity contribution < 1.29 is 13.2 Å². The van der Waals surface area contributed by atoms with Crippen LogP contribution in [0.3, 0.4) is 0 Å². The van der Waals surface area contributed by atoms with Gasteiger partial charge in [-0.15, -0.1) is 0 Å². The summed E-state index contributed by atoms with van der Waals surface area (Å²) in [7, 11) is 0. The molecule has 1 aliphatic rings. The quantitative estimate of drug-likeness (QED) is 0.560. The first-order valence-corrected chi connectivity index (χ1v) is 9.80. The first kappa shape index (κ1) is 18.5. The predicted molar refractivity (Wildman–Crippen MR) is 110 cm³/mol. The topological polar surface area (TPSA) is 89.4 Å². The van der Waals surface area contributed by atoms with Gasteiger partial charge in [0, 0.05) is 50.2 Å². The molecule has 1 N–H and O–H groups in total. The normalized spacial score (nSPS) is 15.1. The van der Waals surface area contributed by atoms with E-state index in [-0.39, 0.29) is 0 Å². The smallest absolute Gasteiger partial charge is 0.417 e. The van der Waals surface area contributed by atoms with Gasteiger partial charge in [-0.2, -0.15) is 5.26 Å². The first-order valence-electron chi connectivity index (χ1n) is 9.80. The molecule has 152 valence electrons. The van der Waals surface area contributed by atoms with Crippen LogP contribution in [0.2, 0.25) is 0 Å². The standard InChI is InChI=1S/C22H19FN4O3/c23-16-10-18-21(30-22(28)25-18)19(11-16)27-7-5-26(6-8-27)4-3-15-13-29-20-2-1-14(12-24)9-17(15)20/h1-2,9-11,13H,3-8H2,(H,25,28). The lowest BCUT2D eigenvalue weighted by atomic mass is 10.1. The lowest BCUT2D eigenvalue weighted by Gasteiger charge is -2.36. The number of benzene rings is 2. The second-order valence-corrected chi connectivity index (χ2v) is 7.48. The molecule has 4 aromatic rings. The fourth-order valence-electron chi connectivity index (χ4n) is 4.08. The number of furan rings is 1. The second kappa shape index (κ2) is 7.35. The Balaban J connectivity index is 1.26. The molecular weight excluding hydrogens is 387 g/mol. The van der Waals surface area contributed by atoms with E-state index in [1.54, 1.807) is 12.3 Å². The number of H-pyrrole nitrogens is 1. The molecule has 0 bridgehead atoms. The van der Waals surface area contributed by atoms with Crippen molar-refractivity contribution in [1.82, 2.24) is 9.88 Å². The number of fused-ring (bicyclic) bond motifs is 2. The Morgan fingerprint density at radius 2 is 2.00 bits per heavy atom. The van der Waals surface area contributed by atoms with E-state index in [1.807, 2.05) is 17.0 Å². The third-order valence-electron chi connectivity index (χ3n) is 5.66. The molecule has 0 unspecified atom stereocenters. The number of nitriles is 1. The molecule has 1 fully saturated rings. The number of anilines is 1. The van der Waals surface area contributed by atoms with Gasteiger partial charge in [-0.3, -0.25) is 9.88 Å². The Morgan fingerprint density at radius 3 is 2.80 bits per heavy atom. The molecule has 30 heavy (non-hydrogen) atoms. The van der Waals surface area contributed by atoms with Gasteiger partial charge in [-0.25, -0.2) is 9.18 Å². The average molecular weight is 406 g/mol. The van der Waals surface area contributed by atoms with E-state index < -0.39 is 11.6 Å². The summed E-state index contributed by atoms with van der Waals surface area (Å²) in [4.78, 5) is 18.4. The minimum atomic E-state index is -0.581. The molecule has 1 saturated heterocycles. The number of nitrogens with one attached hydrogen (secondary N) is 1. The van der Waals surface area contributed by atoms with Crippen LogP contribution in [0.5, 0.6) is 0 Å². The van der Waals surface area contributed by atoms with E-state index >= 15 is 0 Å². The van der Waals surface area contributed by atoms with Crippen LogP contribution in [0.15, 0.2) is 50.2 Å². The number of aromatic nitrogens is 1. The highest BCUT2D eigenvalue weighted by molar-refractivity contribution is 5.86. The summed E-state index contributed by atoms with van der Waals surface area (Å²) >= 11 is 0. The lowest BCUT2D eigenvalue weighted by molar-refractivity contribution is 0.261. The van der Waals surface area contributed by atoms with Gasteiger partial charge in [0.1, 0.15) is 11.4 Å². The summed E-state index contributed by atoms with van der Waals surface area (Å²) in [5, 5.41) is 10.1. The minimum Gasteiger partial charge on any atom is -0.464 e. The number of nitrogens with zero attached hydrogens (tertiary/aromatic N) is 3. The van der Waals surface area contributed by atoms with Crippen LogP contribution in [0.1, 0.15) is 11.1 Å². The molecule has 0 atom stereocenters. The number of hydrogen-bond donors (Lipinski definition) is 1. The van der Waals surface area contributed by atoms with Crippen molar-refractivity contribution in [2.24, 2.45) is 0 Å². The van der Waals surface area contributed by atoms with Crippen molar-refractivity contribution in [2.75, 3.05) is 37.6 Å². The molecule has 0 amide bonds. The highest BCUT2D eigenvalue weighted by Crippen LogP contribution is 2.28. The van der Waals surface area contributed by atoms with E-state index in [4.69, 9.17) is 14.1 Å². The fourth-order valence-corrected chi connectivity index (χ4v) is 4.08. The predicted octanol–water partition coefficient (Wildman–Crippen LogP) is 3.24. The zero-order chi connectivity index (χ0) is 20.7. The Hall–Kier alpha value is -3.57. The minimum absolute atomic E-state index is 0.376. The maximum absolute atomic E-state index is 14.0. The molecular formula is C22H19FN4O3. The maximum Gasteiger partial charge on any atom is 0.417 e. The first-order chi connectivity index (χ1) is 14.6. The molecule has 8 heteroatoms. The Kier molecular flexibility index (Phi) is 4.52. The molecule has 0 aliphatic carbocycles. The van der Waals surface area contributed by atoms with Crippen LogP contribution in [0, 0.1) is 17.1 Å². The highest BCUT2D eigenvalue weighted by Gasteiger charge is 2.21. The van der Waals surface area contributed by atoms with Gasteiger partial charge < -0.3 is 13.7 Å². The zero-order valence-corrected chi connectivity index (χ0v) is 16.2. The zero-order valence-electron chi connectivity index (χ0n) is 16.2. The van der Waals surface area contributed by atoms with Crippen LogP contribution in [0.25, 0.3) is 22.1 Å². The SMILES string of the molecule is N#Cc1ccc2occ(CCN3CCN(c4cc(F)cc5[nH]c(=O)oc45)CC3)c2c1. The number of hydrogen-bond acceptors (Lipinski definition) is 6. The molecule has 3 heterocycles. The second-order valence-electron chi connectivity index (χ2n) is 7.48. The van der Waals surface area contributed by atoms with Gasteiger partial charge in [-0.05, 0) is 30.2 Å². The van der Waals surface area contributed by atoms with E-state index in [9.17, 15) is 9.18 Å². The van der Waals surface area contributed by atoms with Crippen LogP contribution in [-0.4, -0.2) is 42.6 Å². The van der Waals surface area contributed by atoms with Crippen molar-refractivity contribution >= 4 is 27.8 Å². The third-order valence-corrected chi connectivity index (χ3v) is 5.66. The molecule has 7 nitrogen and oxygen atoms in total. The fraction of sp³-hybridized carbons (Fsp3) is 0.273. The number of rotatable bonds is 4. The molecule has 1 aliphatic heterocycles. The van der Waals surface area contributed by atoms with Crippen LogP contribution >= 0.6 is 0 Å². The molecule has 2 aromatic heterocycles. The van der Waals surface area contributed by atoms with Crippen molar-refractivity contribution in [1.29, 1.82) is 5.26 Å². The number of piperazine rings is 1. The Labute approximate surface area is 170 Å². The van der Waals surface area contributed by atoms with Gasteiger partial charge in [0.2, 0.25) is 0 Å². The molecule has 5 rings (SSSR count). The van der Waals surface area contributed by atoms with Crippen molar-refractivity contribution in [3.05, 3.63) is 64.1 Å². The van der Waals surface area contributed by atoms with Gasteiger partial charge in [0.05, 0.1) is 29.1 Å². The van der Waals surface area contributed by atoms with E-state index in [0.717, 1.165) is 42.6 Å². The van der Waals surface area contributed by atoms with Gasteiger partial charge in [-0.1, -0.05) is 0 Å². The highest BCUT2D eigenvalue weighted by atomic mass is 19.1. The third kappa shape index (κ3) is 3.33. The summed E-state index contributed by atoms with van der Waals surface area (Å²) in [6.07, 6.45) is 2.58. The van der Waals surface area contributed by atoms with Gasteiger partial charge >= 0.3 is 5.76 Å². The Morgan fingerprint density at radius 1 is 1.17 bits per heavy atom. The van der Waals surface area contributed by atoms with E-state index in [0.29, 0.717) is 35.4 Å². The average Bonchev–Trinajstić information content (AvgIpc) is 3.33. The molecule has 0 spiro atoms. The molecule has 0 saturated carbocycles. The van der Waals surface area contributed by atoms with Crippen LogP contribution in [0.4, 0.5) is 10.1 Å². The summed E-state index contributed by atoms with van der Waals surface area (Å²) in [5.41, 5.74) is 3.88. The van der Waals surface area contributed by atoms with Crippen molar-refractivity contribution in [2.45, 2.75) is 6.42 Å². The number of aromatic amines is 1. The maximum atomic E-state index is 14.0. The van der Waals surface area contributed by atoms with Crippen LogP contribution < -0.4 is 10.7 Å². The Bertz CT molecular complexity index is 1320. The lowest BCUT2D eigenvalue weighted by Crippen LogP contribution is -2.47. The van der Waals surface area contributed by atoms with Crippen molar-refractivity contribution in [3.8, 4) is 6.07 Å². The molecule has 2 aromatic carbocycles. The summed E-state index contributed by atoms with van der Waals surface area (Å²) in [6.45, 7) is 3.89. The van der Waals surface area contributed by atoms with Crippen LogP contribution in [-0.2, 0) is 6.42 Å². The van der Waals surface area contributed by atoms with Crippen molar-refractivity contribution in [3.63, 3.8) is 0 Å². The van der Waals surface area contributed by atoms with Gasteiger partial charge in [0.15, 0.2) is 5.58 Å². The number of halogens is 1. The van der Waals surface area contributed by atoms with E-state index in [1.165, 1.54) is 12.1 Å². The largest absolute Gasteiger partial charge is 0.464 e. The monoisotopic (exact) mass is 406 g/mol. The summed E-state index contributed by atoms with van der Waals surface area (Å²) < 4.78 is 24.8.